The molecule has 0 aliphatic carbocycles. The van der Waals surface area contributed by atoms with Crippen LogP contribution in [0.5, 0.6) is 0 Å². The van der Waals surface area contributed by atoms with Crippen molar-refractivity contribution in [2.75, 3.05) is 26.7 Å². The second kappa shape index (κ2) is 4.15. The highest BCUT2D eigenvalue weighted by Crippen LogP contribution is 2.26. The minimum atomic E-state index is -1.14. The molecule has 0 spiro atoms. The van der Waals surface area contributed by atoms with Crippen molar-refractivity contribution in [2.45, 2.75) is 44.9 Å². The van der Waals surface area contributed by atoms with Gasteiger partial charge in [0, 0.05) is 6.54 Å². The summed E-state index contributed by atoms with van der Waals surface area (Å²) in [5.41, 5.74) is -1.38. The van der Waals surface area contributed by atoms with Crippen LogP contribution in [0.3, 0.4) is 0 Å². The number of rotatable bonds is 2. The molecule has 1 aliphatic rings. The van der Waals surface area contributed by atoms with Crippen molar-refractivity contribution in [1.29, 1.82) is 0 Å². The van der Waals surface area contributed by atoms with Gasteiger partial charge in [0.2, 0.25) is 0 Å². The molecule has 0 aromatic carbocycles. The van der Waals surface area contributed by atoms with E-state index in [-0.39, 0.29) is 12.2 Å². The van der Waals surface area contributed by atoms with Crippen molar-refractivity contribution in [3.63, 3.8) is 0 Å². The Morgan fingerprint density at radius 3 is 2.57 bits per heavy atom. The molecule has 0 radical (unpaired) electrons. The van der Waals surface area contributed by atoms with Crippen LogP contribution in [0, 0.1) is 0 Å². The summed E-state index contributed by atoms with van der Waals surface area (Å²) in [6, 6.07) is 0. The first-order chi connectivity index (χ1) is 6.31. The zero-order valence-corrected chi connectivity index (χ0v) is 9.77. The van der Waals surface area contributed by atoms with Gasteiger partial charge in [0.1, 0.15) is 5.67 Å². The molecule has 0 saturated carbocycles. The van der Waals surface area contributed by atoms with Gasteiger partial charge in [-0.05, 0) is 47.2 Å². The molecule has 0 unspecified atom stereocenters. The minimum absolute atomic E-state index is 0.223. The lowest BCUT2D eigenvalue weighted by Crippen LogP contribution is -2.47. The van der Waals surface area contributed by atoms with Gasteiger partial charge in [-0.25, -0.2) is 4.39 Å². The van der Waals surface area contributed by atoms with Gasteiger partial charge in [-0.3, -0.25) is 0 Å². The van der Waals surface area contributed by atoms with E-state index < -0.39 is 5.67 Å². The van der Waals surface area contributed by atoms with Crippen LogP contribution in [0.15, 0.2) is 0 Å². The molecule has 1 heterocycles. The van der Waals surface area contributed by atoms with Crippen LogP contribution in [0.25, 0.3) is 0 Å². The third kappa shape index (κ3) is 3.93. The molecule has 0 aromatic heterocycles. The highest BCUT2D eigenvalue weighted by atomic mass is 19.1. The summed E-state index contributed by atoms with van der Waals surface area (Å²) in [4.78, 5) is 2.04. The standard InChI is InChI=1S/C11H22FNO/c1-10(2,3)14-9-11(12)6-5-7-13(4)8-11/h5-9H2,1-4H3/t11-/m0/s1. The maximum Gasteiger partial charge on any atom is 0.146 e. The average molecular weight is 203 g/mol. The lowest BCUT2D eigenvalue weighted by atomic mass is 9.96. The summed E-state index contributed by atoms with van der Waals surface area (Å²) in [5, 5.41) is 0. The fourth-order valence-electron chi connectivity index (χ4n) is 1.77. The fraction of sp³-hybridized carbons (Fsp3) is 1.00. The molecule has 0 amide bonds. The molecule has 1 atom stereocenters. The molecule has 2 nitrogen and oxygen atoms in total. The van der Waals surface area contributed by atoms with Gasteiger partial charge in [0.15, 0.2) is 0 Å². The zero-order valence-electron chi connectivity index (χ0n) is 9.77. The van der Waals surface area contributed by atoms with Crippen LogP contribution in [-0.2, 0) is 4.74 Å². The van der Waals surface area contributed by atoms with Gasteiger partial charge < -0.3 is 9.64 Å². The molecule has 0 N–H and O–H groups in total. The molecule has 0 aromatic rings. The normalized spacial score (nSPS) is 30.6. The summed E-state index contributed by atoms with van der Waals surface area (Å²) in [5.74, 6) is 0. The van der Waals surface area contributed by atoms with Crippen LogP contribution < -0.4 is 0 Å². The van der Waals surface area contributed by atoms with E-state index in [0.717, 1.165) is 13.0 Å². The number of likely N-dealkylation sites (tertiary alicyclic amines) is 1. The number of halogens is 1. The number of ether oxygens (including phenoxy) is 1. The highest BCUT2D eigenvalue weighted by molar-refractivity contribution is 4.87. The second-order valence-electron chi connectivity index (χ2n) is 5.39. The summed E-state index contributed by atoms with van der Waals surface area (Å²) in [7, 11) is 1.96. The number of nitrogens with zero attached hydrogens (tertiary/aromatic N) is 1. The lowest BCUT2D eigenvalue weighted by molar-refractivity contribution is -0.0841. The van der Waals surface area contributed by atoms with Gasteiger partial charge in [0.05, 0.1) is 12.2 Å². The van der Waals surface area contributed by atoms with Gasteiger partial charge in [-0.1, -0.05) is 0 Å². The van der Waals surface area contributed by atoms with Gasteiger partial charge in [-0.15, -0.1) is 0 Å². The third-order valence-electron chi connectivity index (χ3n) is 2.48. The molecule has 14 heavy (non-hydrogen) atoms. The van der Waals surface area contributed by atoms with Crippen molar-refractivity contribution in [1.82, 2.24) is 4.90 Å². The number of piperidine rings is 1. The molecular weight excluding hydrogens is 181 g/mol. The van der Waals surface area contributed by atoms with E-state index in [1.807, 2.05) is 32.7 Å². The van der Waals surface area contributed by atoms with Crippen LogP contribution >= 0.6 is 0 Å². The Morgan fingerprint density at radius 1 is 1.43 bits per heavy atom. The molecule has 84 valence electrons. The number of hydrogen-bond donors (Lipinski definition) is 0. The molecule has 1 aliphatic heterocycles. The topological polar surface area (TPSA) is 12.5 Å². The van der Waals surface area contributed by atoms with Crippen LogP contribution in [0.2, 0.25) is 0 Å². The fourth-order valence-corrected chi connectivity index (χ4v) is 1.77. The summed E-state index contributed by atoms with van der Waals surface area (Å²) >= 11 is 0. The predicted octanol–water partition coefficient (Wildman–Crippen LogP) is 2.24. The van der Waals surface area contributed by atoms with E-state index in [0.29, 0.717) is 13.0 Å². The Kier molecular flexibility index (Phi) is 3.53. The van der Waals surface area contributed by atoms with Crippen LogP contribution in [0.1, 0.15) is 33.6 Å². The zero-order chi connectivity index (χ0) is 10.8. The SMILES string of the molecule is CN1CCC[C@@](F)(COC(C)(C)C)C1. The Bertz CT molecular complexity index is 190. The van der Waals surface area contributed by atoms with Crippen LogP contribution in [-0.4, -0.2) is 42.9 Å². The smallest absolute Gasteiger partial charge is 0.146 e. The molecule has 1 saturated heterocycles. The van der Waals surface area contributed by atoms with Crippen molar-refractivity contribution in [3.05, 3.63) is 0 Å². The number of alkyl halides is 1. The van der Waals surface area contributed by atoms with Crippen LogP contribution in [0.4, 0.5) is 4.39 Å². The van der Waals surface area contributed by atoms with Gasteiger partial charge >= 0.3 is 0 Å². The first kappa shape index (κ1) is 11.9. The van der Waals surface area contributed by atoms with Gasteiger partial charge in [-0.2, -0.15) is 0 Å². The van der Waals surface area contributed by atoms with Crippen molar-refractivity contribution >= 4 is 0 Å². The molecular formula is C11H22FNO. The Morgan fingerprint density at radius 2 is 2.07 bits per heavy atom. The Balaban J connectivity index is 2.41. The average Bonchev–Trinajstić information content (AvgIpc) is 1.99. The molecule has 3 heteroatoms. The Hall–Kier alpha value is -0.150. The molecule has 1 fully saturated rings. The van der Waals surface area contributed by atoms with E-state index in [1.165, 1.54) is 0 Å². The number of hydrogen-bond acceptors (Lipinski definition) is 2. The van der Waals surface area contributed by atoms with E-state index in [9.17, 15) is 4.39 Å². The predicted molar refractivity (Wildman–Crippen MR) is 56.3 cm³/mol. The lowest BCUT2D eigenvalue weighted by Gasteiger charge is -2.36. The van der Waals surface area contributed by atoms with E-state index in [2.05, 4.69) is 0 Å². The van der Waals surface area contributed by atoms with Crippen molar-refractivity contribution in [2.24, 2.45) is 0 Å². The second-order valence-corrected chi connectivity index (χ2v) is 5.39. The van der Waals surface area contributed by atoms with E-state index in [1.54, 1.807) is 0 Å². The minimum Gasteiger partial charge on any atom is -0.372 e. The third-order valence-corrected chi connectivity index (χ3v) is 2.48. The van der Waals surface area contributed by atoms with Crippen molar-refractivity contribution in [3.8, 4) is 0 Å². The quantitative estimate of drug-likeness (QED) is 0.682. The van der Waals surface area contributed by atoms with E-state index >= 15 is 0 Å². The monoisotopic (exact) mass is 203 g/mol. The highest BCUT2D eigenvalue weighted by Gasteiger charge is 2.35. The first-order valence-corrected chi connectivity index (χ1v) is 5.32. The van der Waals surface area contributed by atoms with E-state index in [4.69, 9.17) is 4.74 Å². The summed E-state index contributed by atoms with van der Waals surface area (Å²) in [6.45, 7) is 7.61. The van der Waals surface area contributed by atoms with Gasteiger partial charge in [0.25, 0.3) is 0 Å². The van der Waals surface area contributed by atoms with Crippen molar-refractivity contribution < 1.29 is 9.13 Å². The Labute approximate surface area is 86.4 Å². The summed E-state index contributed by atoms with van der Waals surface area (Å²) in [6.07, 6.45) is 1.56. The largest absolute Gasteiger partial charge is 0.372 e. The molecule has 0 bridgehead atoms. The maximum atomic E-state index is 14.2. The summed E-state index contributed by atoms with van der Waals surface area (Å²) < 4.78 is 19.7. The first-order valence-electron chi connectivity index (χ1n) is 5.32. The molecule has 1 rings (SSSR count). The maximum absolute atomic E-state index is 14.2.